The van der Waals surface area contributed by atoms with E-state index in [0.717, 1.165) is 35.9 Å². The van der Waals surface area contributed by atoms with Gasteiger partial charge in [-0.25, -0.2) is 0 Å². The number of nitro groups is 2. The van der Waals surface area contributed by atoms with Crippen molar-refractivity contribution in [1.29, 1.82) is 0 Å². The van der Waals surface area contributed by atoms with Crippen LogP contribution >= 0.6 is 35.0 Å². The number of halogens is 2. The predicted octanol–water partition coefficient (Wildman–Crippen LogP) is 5.25. The van der Waals surface area contributed by atoms with E-state index in [0.29, 0.717) is 16.5 Å². The minimum Gasteiger partial charge on any atom is -0.348 e. The van der Waals surface area contributed by atoms with E-state index in [1.165, 1.54) is 11.8 Å². The van der Waals surface area contributed by atoms with Crippen molar-refractivity contribution in [3.05, 3.63) is 72.2 Å². The number of carbonyl (C=O) groups excluding carboxylic acids is 1. The van der Waals surface area contributed by atoms with E-state index < -0.39 is 27.1 Å². The molecule has 2 aromatic carbocycles. The first-order valence-electron chi connectivity index (χ1n) is 8.61. The molecule has 0 bridgehead atoms. The highest BCUT2D eigenvalue weighted by Crippen LogP contribution is 2.41. The summed E-state index contributed by atoms with van der Waals surface area (Å²) in [6.45, 7) is 0. The average Bonchev–Trinajstić information content (AvgIpc) is 3.11. The highest BCUT2D eigenvalue weighted by Gasteiger charge is 2.31. The van der Waals surface area contributed by atoms with Crippen LogP contribution in [0.25, 0.3) is 0 Å². The predicted molar refractivity (Wildman–Crippen MR) is 111 cm³/mol. The summed E-state index contributed by atoms with van der Waals surface area (Å²) in [4.78, 5) is 33.9. The lowest BCUT2D eigenvalue weighted by Crippen LogP contribution is -2.38. The van der Waals surface area contributed by atoms with E-state index >= 15 is 0 Å². The van der Waals surface area contributed by atoms with Gasteiger partial charge in [-0.15, -0.1) is 11.8 Å². The van der Waals surface area contributed by atoms with Crippen LogP contribution in [0.3, 0.4) is 0 Å². The van der Waals surface area contributed by atoms with Crippen LogP contribution in [0, 0.1) is 20.2 Å². The second-order valence-corrected chi connectivity index (χ2v) is 8.53. The highest BCUT2D eigenvalue weighted by atomic mass is 35.5. The Morgan fingerprint density at radius 3 is 2.17 bits per heavy atom. The number of nitrogens with zero attached hydrogens (tertiary/aromatic N) is 2. The molecule has 8 nitrogen and oxygen atoms in total. The number of nitrogens with one attached hydrogen (secondary N) is 1. The molecule has 0 unspecified atom stereocenters. The van der Waals surface area contributed by atoms with Gasteiger partial charge < -0.3 is 5.32 Å². The Hall–Kier alpha value is -2.36. The number of hydrogen-bond donors (Lipinski definition) is 1. The fourth-order valence-electron chi connectivity index (χ4n) is 3.17. The molecule has 2 atom stereocenters. The second-order valence-electron chi connectivity index (χ2n) is 6.47. The SMILES string of the molecule is O=C(N[C@@H]1CCC[C@H]1Sc1c(Cl)cccc1Cl)c1cc([N+](=O)[O-])cc([N+](=O)[O-])c1. The van der Waals surface area contributed by atoms with E-state index in [1.807, 2.05) is 0 Å². The Morgan fingerprint density at radius 1 is 1.03 bits per heavy atom. The Kier molecular flexibility index (Phi) is 6.61. The van der Waals surface area contributed by atoms with Crippen molar-refractivity contribution < 1.29 is 14.6 Å². The lowest BCUT2D eigenvalue weighted by Gasteiger charge is -2.21. The molecule has 2 aromatic rings. The first kappa shape index (κ1) is 21.4. The number of thioether (sulfide) groups is 1. The summed E-state index contributed by atoms with van der Waals surface area (Å²) in [5.41, 5.74) is -1.15. The van der Waals surface area contributed by atoms with Gasteiger partial charge in [-0.2, -0.15) is 0 Å². The highest BCUT2D eigenvalue weighted by molar-refractivity contribution is 8.00. The number of rotatable bonds is 6. The van der Waals surface area contributed by atoms with Crippen molar-refractivity contribution in [2.45, 2.75) is 35.4 Å². The standard InChI is InChI=1S/C18H15Cl2N3O5S/c19-13-3-1-4-14(20)17(13)29-16-6-2-5-15(16)21-18(24)10-7-11(22(25)26)9-12(8-10)23(27)28/h1,3-4,7-9,15-16H,2,5-6H2,(H,21,24)/t15-,16-/m1/s1. The molecule has 1 aliphatic carbocycles. The third kappa shape index (κ3) is 4.98. The van der Waals surface area contributed by atoms with E-state index in [1.54, 1.807) is 18.2 Å². The topological polar surface area (TPSA) is 115 Å². The molecule has 1 amide bonds. The average molecular weight is 456 g/mol. The first-order chi connectivity index (χ1) is 13.8. The van der Waals surface area contributed by atoms with Crippen LogP contribution in [0.5, 0.6) is 0 Å². The maximum absolute atomic E-state index is 12.7. The van der Waals surface area contributed by atoms with Gasteiger partial charge >= 0.3 is 0 Å². The molecule has 11 heteroatoms. The zero-order valence-electron chi connectivity index (χ0n) is 14.8. The third-order valence-corrected chi connectivity index (χ3v) is 6.94. The van der Waals surface area contributed by atoms with Gasteiger partial charge in [0.15, 0.2) is 0 Å². The van der Waals surface area contributed by atoms with Crippen LogP contribution in [-0.4, -0.2) is 27.0 Å². The molecule has 1 saturated carbocycles. The summed E-state index contributed by atoms with van der Waals surface area (Å²) in [7, 11) is 0. The lowest BCUT2D eigenvalue weighted by molar-refractivity contribution is -0.394. The summed E-state index contributed by atoms with van der Waals surface area (Å²) >= 11 is 13.9. The van der Waals surface area contributed by atoms with Gasteiger partial charge in [-0.3, -0.25) is 25.0 Å². The normalized spacial score (nSPS) is 18.4. The van der Waals surface area contributed by atoms with Gasteiger partial charge in [0.1, 0.15) is 0 Å². The number of nitro benzene ring substituents is 2. The van der Waals surface area contributed by atoms with E-state index in [2.05, 4.69) is 5.32 Å². The van der Waals surface area contributed by atoms with Crippen molar-refractivity contribution in [2.24, 2.45) is 0 Å². The van der Waals surface area contributed by atoms with Crippen LogP contribution in [0.1, 0.15) is 29.6 Å². The monoisotopic (exact) mass is 455 g/mol. The summed E-state index contributed by atoms with van der Waals surface area (Å²) < 4.78 is 0. The molecule has 152 valence electrons. The number of hydrogen-bond acceptors (Lipinski definition) is 6. The molecule has 0 aliphatic heterocycles. The van der Waals surface area contributed by atoms with Crippen LogP contribution in [0.2, 0.25) is 10.0 Å². The van der Waals surface area contributed by atoms with Gasteiger partial charge in [-0.1, -0.05) is 35.7 Å². The van der Waals surface area contributed by atoms with Gasteiger partial charge in [0.25, 0.3) is 17.3 Å². The molecular formula is C18H15Cl2N3O5S. The van der Waals surface area contributed by atoms with E-state index in [4.69, 9.17) is 23.2 Å². The quantitative estimate of drug-likeness (QED) is 0.469. The maximum Gasteiger partial charge on any atom is 0.277 e. The Morgan fingerprint density at radius 2 is 1.62 bits per heavy atom. The first-order valence-corrected chi connectivity index (χ1v) is 10.2. The molecule has 0 heterocycles. The Balaban J connectivity index is 1.79. The molecule has 1 aliphatic rings. The molecule has 0 saturated heterocycles. The molecule has 0 aromatic heterocycles. The minimum absolute atomic E-state index is 0.00466. The summed E-state index contributed by atoms with van der Waals surface area (Å²) in [5, 5.41) is 26.0. The van der Waals surface area contributed by atoms with Crippen LogP contribution in [0.15, 0.2) is 41.3 Å². The van der Waals surface area contributed by atoms with Gasteiger partial charge in [-0.05, 0) is 25.0 Å². The maximum atomic E-state index is 12.7. The number of amides is 1. The van der Waals surface area contributed by atoms with Crippen molar-refractivity contribution in [2.75, 3.05) is 0 Å². The van der Waals surface area contributed by atoms with Crippen LogP contribution in [0.4, 0.5) is 11.4 Å². The van der Waals surface area contributed by atoms with Crippen LogP contribution < -0.4 is 5.32 Å². The summed E-state index contributed by atoms with van der Waals surface area (Å²) in [6.07, 6.45) is 2.41. The van der Waals surface area contributed by atoms with E-state index in [9.17, 15) is 25.0 Å². The summed E-state index contributed by atoms with van der Waals surface area (Å²) in [6, 6.07) is 7.89. The molecule has 0 spiro atoms. The number of carbonyl (C=O) groups is 1. The largest absolute Gasteiger partial charge is 0.348 e. The number of non-ortho nitro benzene ring substituents is 2. The van der Waals surface area contributed by atoms with Gasteiger partial charge in [0, 0.05) is 28.3 Å². The fourth-order valence-corrected chi connectivity index (χ4v) is 5.15. The number of benzene rings is 2. The molecule has 29 heavy (non-hydrogen) atoms. The smallest absolute Gasteiger partial charge is 0.277 e. The zero-order chi connectivity index (χ0) is 21.1. The van der Waals surface area contributed by atoms with Crippen molar-refractivity contribution in [3.8, 4) is 0 Å². The molecule has 1 fully saturated rings. The summed E-state index contributed by atoms with van der Waals surface area (Å²) in [5.74, 6) is -0.598. The zero-order valence-corrected chi connectivity index (χ0v) is 17.2. The van der Waals surface area contributed by atoms with E-state index in [-0.39, 0.29) is 16.9 Å². The minimum atomic E-state index is -0.766. The van der Waals surface area contributed by atoms with Gasteiger partial charge in [0.05, 0.1) is 31.5 Å². The molecule has 0 radical (unpaired) electrons. The molecular weight excluding hydrogens is 441 g/mol. The molecule has 1 N–H and O–H groups in total. The Labute approximate surface area is 179 Å². The van der Waals surface area contributed by atoms with Crippen molar-refractivity contribution >= 4 is 52.2 Å². The lowest BCUT2D eigenvalue weighted by atomic mass is 10.1. The third-order valence-electron chi connectivity index (χ3n) is 4.54. The fraction of sp³-hybridized carbons (Fsp3) is 0.278. The van der Waals surface area contributed by atoms with Crippen molar-refractivity contribution in [3.63, 3.8) is 0 Å². The van der Waals surface area contributed by atoms with Crippen LogP contribution in [-0.2, 0) is 0 Å². The molecule has 3 rings (SSSR count). The second kappa shape index (κ2) is 8.98. The van der Waals surface area contributed by atoms with Crippen molar-refractivity contribution in [1.82, 2.24) is 5.32 Å². The Bertz CT molecular complexity index is 935. The van der Waals surface area contributed by atoms with Gasteiger partial charge in [0.2, 0.25) is 0 Å².